The van der Waals surface area contributed by atoms with Crippen LogP contribution in [0, 0.1) is 13.8 Å². The monoisotopic (exact) mass is 311 g/mol. The summed E-state index contributed by atoms with van der Waals surface area (Å²) in [7, 11) is 0. The molecule has 1 aromatic carbocycles. The van der Waals surface area contributed by atoms with Gasteiger partial charge in [0.2, 0.25) is 5.91 Å². The van der Waals surface area contributed by atoms with Gasteiger partial charge in [-0.05, 0) is 13.8 Å². The topological polar surface area (TPSA) is 68.0 Å². The normalized spacial score (nSPS) is 9.95. The number of hydrogen-bond donors (Lipinski definition) is 2. The van der Waals surface area contributed by atoms with Crippen molar-refractivity contribution in [2.45, 2.75) is 20.3 Å². The van der Waals surface area contributed by atoms with Gasteiger partial charge in [-0.1, -0.05) is 29.8 Å². The molecule has 2 rings (SSSR count). The number of nitrogens with one attached hydrogen (secondary N) is 1. The first-order valence-electron chi connectivity index (χ1n) is 6.14. The molecular weight excluding hydrogens is 294 g/mol. The van der Waals surface area contributed by atoms with Crippen LogP contribution in [0.15, 0.2) is 24.3 Å². The third kappa shape index (κ3) is 4.03. The summed E-state index contributed by atoms with van der Waals surface area (Å²) in [5.41, 5.74) is 8.55. The molecule has 108 valence electrons. The van der Waals surface area contributed by atoms with E-state index in [-0.39, 0.29) is 18.3 Å². The van der Waals surface area contributed by atoms with E-state index >= 15 is 0 Å². The number of aromatic nitrogens is 1. The molecule has 20 heavy (non-hydrogen) atoms. The minimum absolute atomic E-state index is 0. The molecule has 0 saturated heterocycles. The molecule has 0 aliphatic heterocycles. The summed E-state index contributed by atoms with van der Waals surface area (Å²) in [5, 5.41) is 3.40. The van der Waals surface area contributed by atoms with E-state index in [1.807, 2.05) is 19.1 Å². The fraction of sp³-hybridized carbons (Fsp3) is 0.286. The van der Waals surface area contributed by atoms with Crippen LogP contribution in [0.3, 0.4) is 0 Å². The Morgan fingerprint density at radius 3 is 2.55 bits per heavy atom. The molecule has 0 aliphatic rings. The maximum atomic E-state index is 11.5. The van der Waals surface area contributed by atoms with Crippen molar-refractivity contribution in [3.05, 3.63) is 34.7 Å². The number of nitrogens with zero attached hydrogens (tertiary/aromatic N) is 1. The maximum Gasteiger partial charge on any atom is 0.227 e. The Morgan fingerprint density at radius 2 is 1.95 bits per heavy atom. The summed E-state index contributed by atoms with van der Waals surface area (Å²) in [6.45, 7) is 4.41. The molecular formula is C14H18ClN3OS. The molecule has 0 radical (unpaired) electrons. The Balaban J connectivity index is 0.00000200. The Morgan fingerprint density at radius 1 is 1.30 bits per heavy atom. The lowest BCUT2D eigenvalue weighted by molar-refractivity contribution is -0.116. The van der Waals surface area contributed by atoms with Crippen molar-refractivity contribution < 1.29 is 4.79 Å². The molecule has 1 amide bonds. The Labute approximate surface area is 128 Å². The minimum Gasteiger partial charge on any atom is -0.330 e. The SMILES string of the molecule is Cc1ccc(-c2nc(NC(=O)CCN)sc2C)cc1.Cl. The molecule has 0 aliphatic carbocycles. The van der Waals surface area contributed by atoms with Crippen LogP contribution in [0.25, 0.3) is 11.3 Å². The van der Waals surface area contributed by atoms with E-state index < -0.39 is 0 Å². The van der Waals surface area contributed by atoms with Crippen LogP contribution in [0.2, 0.25) is 0 Å². The molecule has 3 N–H and O–H groups in total. The van der Waals surface area contributed by atoms with Crippen molar-refractivity contribution in [3.8, 4) is 11.3 Å². The zero-order valence-corrected chi connectivity index (χ0v) is 13.1. The van der Waals surface area contributed by atoms with Crippen LogP contribution in [0.5, 0.6) is 0 Å². The van der Waals surface area contributed by atoms with E-state index in [1.165, 1.54) is 16.9 Å². The zero-order chi connectivity index (χ0) is 13.8. The van der Waals surface area contributed by atoms with Gasteiger partial charge < -0.3 is 11.1 Å². The second-order valence-electron chi connectivity index (χ2n) is 4.38. The highest BCUT2D eigenvalue weighted by Crippen LogP contribution is 2.30. The smallest absolute Gasteiger partial charge is 0.227 e. The molecule has 0 unspecified atom stereocenters. The number of carbonyl (C=O) groups excluding carboxylic acids is 1. The first-order valence-corrected chi connectivity index (χ1v) is 6.96. The Bertz CT molecular complexity index is 581. The number of carbonyl (C=O) groups is 1. The number of rotatable bonds is 4. The van der Waals surface area contributed by atoms with Crippen molar-refractivity contribution in [3.63, 3.8) is 0 Å². The fourth-order valence-electron chi connectivity index (χ4n) is 1.74. The van der Waals surface area contributed by atoms with E-state index in [9.17, 15) is 4.79 Å². The molecule has 0 fully saturated rings. The zero-order valence-electron chi connectivity index (χ0n) is 11.5. The Hall–Kier alpha value is -1.43. The second kappa shape index (κ2) is 7.38. The first-order chi connectivity index (χ1) is 9.10. The maximum absolute atomic E-state index is 11.5. The van der Waals surface area contributed by atoms with Crippen LogP contribution < -0.4 is 11.1 Å². The van der Waals surface area contributed by atoms with E-state index in [1.54, 1.807) is 0 Å². The van der Waals surface area contributed by atoms with Crippen LogP contribution in [-0.2, 0) is 4.79 Å². The number of amides is 1. The lowest BCUT2D eigenvalue weighted by atomic mass is 10.1. The molecule has 0 atom stereocenters. The van der Waals surface area contributed by atoms with Crippen LogP contribution >= 0.6 is 23.7 Å². The summed E-state index contributed by atoms with van der Waals surface area (Å²) in [4.78, 5) is 17.1. The van der Waals surface area contributed by atoms with Gasteiger partial charge in [0.1, 0.15) is 0 Å². The van der Waals surface area contributed by atoms with Gasteiger partial charge in [-0.3, -0.25) is 4.79 Å². The highest BCUT2D eigenvalue weighted by atomic mass is 35.5. The molecule has 0 spiro atoms. The van der Waals surface area contributed by atoms with Crippen LogP contribution in [-0.4, -0.2) is 17.4 Å². The van der Waals surface area contributed by atoms with Gasteiger partial charge in [0, 0.05) is 23.4 Å². The van der Waals surface area contributed by atoms with Crippen molar-refractivity contribution in [1.82, 2.24) is 4.98 Å². The number of halogens is 1. The molecule has 0 bridgehead atoms. The summed E-state index contributed by atoms with van der Waals surface area (Å²) in [6, 6.07) is 8.20. The summed E-state index contributed by atoms with van der Waals surface area (Å²) < 4.78 is 0. The predicted molar refractivity (Wildman–Crippen MR) is 86.6 cm³/mol. The van der Waals surface area contributed by atoms with Crippen LogP contribution in [0.4, 0.5) is 5.13 Å². The number of benzene rings is 1. The number of anilines is 1. The van der Waals surface area contributed by atoms with Gasteiger partial charge in [-0.15, -0.1) is 23.7 Å². The van der Waals surface area contributed by atoms with E-state index in [4.69, 9.17) is 5.73 Å². The quantitative estimate of drug-likeness (QED) is 0.911. The average Bonchev–Trinajstić information content (AvgIpc) is 2.71. The third-order valence-electron chi connectivity index (χ3n) is 2.74. The molecule has 2 aromatic rings. The van der Waals surface area contributed by atoms with Crippen molar-refractivity contribution in [1.29, 1.82) is 0 Å². The van der Waals surface area contributed by atoms with Gasteiger partial charge >= 0.3 is 0 Å². The number of thiazole rings is 1. The molecule has 1 heterocycles. The molecule has 6 heteroatoms. The van der Waals surface area contributed by atoms with Crippen molar-refractivity contribution in [2.75, 3.05) is 11.9 Å². The van der Waals surface area contributed by atoms with Crippen molar-refractivity contribution in [2.24, 2.45) is 5.73 Å². The van der Waals surface area contributed by atoms with Gasteiger partial charge in [-0.2, -0.15) is 0 Å². The molecule has 0 saturated carbocycles. The number of aryl methyl sites for hydroxylation is 2. The van der Waals surface area contributed by atoms with E-state index in [0.717, 1.165) is 16.1 Å². The largest absolute Gasteiger partial charge is 0.330 e. The van der Waals surface area contributed by atoms with Gasteiger partial charge in [0.05, 0.1) is 5.69 Å². The lowest BCUT2D eigenvalue weighted by Crippen LogP contribution is -2.15. The second-order valence-corrected chi connectivity index (χ2v) is 5.58. The standard InChI is InChI=1S/C14H17N3OS.ClH/c1-9-3-5-11(6-4-9)13-10(2)19-14(17-13)16-12(18)7-8-15;/h3-6H,7-8,15H2,1-2H3,(H,16,17,18);1H. The van der Waals surface area contributed by atoms with Crippen LogP contribution in [0.1, 0.15) is 16.9 Å². The fourth-order valence-corrected chi connectivity index (χ4v) is 2.59. The molecule has 4 nitrogen and oxygen atoms in total. The van der Waals surface area contributed by atoms with E-state index in [0.29, 0.717) is 18.1 Å². The van der Waals surface area contributed by atoms with Crippen molar-refractivity contribution >= 4 is 34.8 Å². The highest BCUT2D eigenvalue weighted by molar-refractivity contribution is 7.16. The molecule has 1 aromatic heterocycles. The summed E-state index contributed by atoms with van der Waals surface area (Å²) in [6.07, 6.45) is 0.318. The highest BCUT2D eigenvalue weighted by Gasteiger charge is 2.11. The third-order valence-corrected chi connectivity index (χ3v) is 3.63. The van der Waals surface area contributed by atoms with Gasteiger partial charge in [-0.25, -0.2) is 4.98 Å². The predicted octanol–water partition coefficient (Wildman–Crippen LogP) is 3.14. The van der Waals surface area contributed by atoms with Gasteiger partial charge in [0.15, 0.2) is 5.13 Å². The van der Waals surface area contributed by atoms with E-state index in [2.05, 4.69) is 29.4 Å². The summed E-state index contributed by atoms with van der Waals surface area (Å²) in [5.74, 6) is -0.0910. The number of hydrogen-bond acceptors (Lipinski definition) is 4. The average molecular weight is 312 g/mol. The first kappa shape index (κ1) is 16.6. The summed E-state index contributed by atoms with van der Waals surface area (Å²) >= 11 is 1.48. The number of nitrogens with two attached hydrogens (primary N) is 1. The Kier molecular flexibility index (Phi) is 6.13. The lowest BCUT2D eigenvalue weighted by Gasteiger charge is -2.00. The van der Waals surface area contributed by atoms with Gasteiger partial charge in [0.25, 0.3) is 0 Å². The minimum atomic E-state index is -0.0910.